The van der Waals surface area contributed by atoms with Crippen LogP contribution in [0.3, 0.4) is 0 Å². The fourth-order valence-corrected chi connectivity index (χ4v) is 5.39. The monoisotopic (exact) mass is 336 g/mol. The van der Waals surface area contributed by atoms with Gasteiger partial charge in [-0.3, -0.25) is 0 Å². The van der Waals surface area contributed by atoms with E-state index in [4.69, 9.17) is 11.6 Å². The molecule has 2 rings (SSSR count). The van der Waals surface area contributed by atoms with Crippen LogP contribution in [0, 0.1) is 18.3 Å². The smallest absolute Gasteiger partial charge is 0.140 e. The molecule has 110 valence electrons. The Kier molecular flexibility index (Phi) is 5.32. The van der Waals surface area contributed by atoms with Gasteiger partial charge in [-0.15, -0.1) is 23.5 Å². The molecule has 0 saturated carbocycles. The molecule has 1 heterocycles. The zero-order chi connectivity index (χ0) is 15.6. The SMILES string of the molecule is C=C(C)N(C)/C(C#N)=C1\SCC(c2ccc(C)cc2Cl)S1. The summed E-state index contributed by atoms with van der Waals surface area (Å²) < 4.78 is 1.05. The number of hydrogen-bond donors (Lipinski definition) is 0. The van der Waals surface area contributed by atoms with Crippen LogP contribution in [0.15, 0.2) is 40.4 Å². The summed E-state index contributed by atoms with van der Waals surface area (Å²) in [6.45, 7) is 7.83. The second-order valence-corrected chi connectivity index (χ2v) is 7.89. The number of thioether (sulfide) groups is 2. The van der Waals surface area contributed by atoms with Crippen molar-refractivity contribution in [2.24, 2.45) is 0 Å². The molecule has 1 aliphatic heterocycles. The lowest BCUT2D eigenvalue weighted by molar-refractivity contribution is 0.544. The molecular weight excluding hydrogens is 320 g/mol. The first-order valence-electron chi connectivity index (χ1n) is 6.53. The lowest BCUT2D eigenvalue weighted by atomic mass is 10.1. The highest BCUT2D eigenvalue weighted by Gasteiger charge is 2.28. The Morgan fingerprint density at radius 3 is 2.81 bits per heavy atom. The van der Waals surface area contributed by atoms with Crippen LogP contribution >= 0.6 is 35.1 Å². The van der Waals surface area contributed by atoms with E-state index in [-0.39, 0.29) is 0 Å². The summed E-state index contributed by atoms with van der Waals surface area (Å²) >= 11 is 9.79. The molecule has 0 amide bonds. The molecule has 0 bridgehead atoms. The minimum atomic E-state index is 0.292. The van der Waals surface area contributed by atoms with E-state index in [1.165, 1.54) is 0 Å². The second kappa shape index (κ2) is 6.83. The summed E-state index contributed by atoms with van der Waals surface area (Å²) in [5.41, 5.74) is 3.83. The van der Waals surface area contributed by atoms with Gasteiger partial charge in [0.25, 0.3) is 0 Å². The van der Waals surface area contributed by atoms with Crippen molar-refractivity contribution in [3.05, 3.63) is 56.6 Å². The van der Waals surface area contributed by atoms with Crippen molar-refractivity contribution >= 4 is 35.1 Å². The van der Waals surface area contributed by atoms with E-state index in [0.717, 1.165) is 31.8 Å². The highest BCUT2D eigenvalue weighted by atomic mass is 35.5. The Bertz CT molecular complexity index is 646. The first kappa shape index (κ1) is 16.4. The summed E-state index contributed by atoms with van der Waals surface area (Å²) in [7, 11) is 1.88. The van der Waals surface area contributed by atoms with Gasteiger partial charge in [-0.1, -0.05) is 30.3 Å². The number of nitrogens with zero attached hydrogens (tertiary/aromatic N) is 2. The van der Waals surface area contributed by atoms with E-state index in [9.17, 15) is 5.26 Å². The van der Waals surface area contributed by atoms with Gasteiger partial charge in [0.05, 0.1) is 4.24 Å². The zero-order valence-electron chi connectivity index (χ0n) is 12.3. The topological polar surface area (TPSA) is 27.0 Å². The minimum absolute atomic E-state index is 0.292. The molecule has 1 unspecified atom stereocenters. The molecule has 0 spiro atoms. The molecule has 1 aromatic rings. The van der Waals surface area contributed by atoms with Gasteiger partial charge in [0.1, 0.15) is 11.8 Å². The lowest BCUT2D eigenvalue weighted by Crippen LogP contribution is -2.14. The summed E-state index contributed by atoms with van der Waals surface area (Å²) in [6, 6.07) is 8.46. The molecule has 0 aromatic heterocycles. The number of halogens is 1. The van der Waals surface area contributed by atoms with Gasteiger partial charge >= 0.3 is 0 Å². The summed E-state index contributed by atoms with van der Waals surface area (Å²) in [5.74, 6) is 0.929. The largest absolute Gasteiger partial charge is 0.339 e. The molecule has 1 aliphatic rings. The first-order valence-corrected chi connectivity index (χ1v) is 8.77. The van der Waals surface area contributed by atoms with Crippen LogP contribution in [-0.2, 0) is 0 Å². The molecule has 0 radical (unpaired) electrons. The Balaban J connectivity index is 2.27. The number of hydrogen-bond acceptors (Lipinski definition) is 4. The maximum absolute atomic E-state index is 9.41. The van der Waals surface area contributed by atoms with Crippen molar-refractivity contribution in [1.82, 2.24) is 4.90 Å². The summed E-state index contributed by atoms with van der Waals surface area (Å²) in [5, 5.41) is 10.5. The quantitative estimate of drug-likeness (QED) is 0.697. The number of rotatable bonds is 3. The molecule has 5 heteroatoms. The van der Waals surface area contributed by atoms with E-state index in [0.29, 0.717) is 10.9 Å². The van der Waals surface area contributed by atoms with Gasteiger partial charge in [0.2, 0.25) is 0 Å². The predicted molar refractivity (Wildman–Crippen MR) is 94.2 cm³/mol. The zero-order valence-corrected chi connectivity index (χ0v) is 14.7. The van der Waals surface area contributed by atoms with E-state index < -0.39 is 0 Å². The van der Waals surface area contributed by atoms with Gasteiger partial charge in [-0.05, 0) is 31.0 Å². The number of allylic oxidation sites excluding steroid dienone is 2. The van der Waals surface area contributed by atoms with Gasteiger partial charge in [-0.2, -0.15) is 5.26 Å². The molecule has 0 aliphatic carbocycles. The average molecular weight is 337 g/mol. The third-order valence-corrected chi connectivity index (χ3v) is 6.57. The van der Waals surface area contributed by atoms with Crippen LogP contribution in [0.1, 0.15) is 23.3 Å². The molecule has 1 fully saturated rings. The third kappa shape index (κ3) is 3.60. The van der Waals surface area contributed by atoms with Gasteiger partial charge in [0, 0.05) is 28.8 Å². The standard InChI is InChI=1S/C16H17ClN2S2/c1-10(2)19(4)14(8-18)16-20-9-15(21-16)12-6-5-11(3)7-13(12)17/h5-7,15H,1,9H2,2-4H3/b16-14+. The average Bonchev–Trinajstić information content (AvgIpc) is 2.88. The van der Waals surface area contributed by atoms with E-state index in [2.05, 4.69) is 24.8 Å². The first-order chi connectivity index (χ1) is 9.93. The Labute approximate surface area is 139 Å². The van der Waals surface area contributed by atoms with Crippen molar-refractivity contribution in [3.8, 4) is 6.07 Å². The van der Waals surface area contributed by atoms with Gasteiger partial charge < -0.3 is 4.90 Å². The molecule has 2 nitrogen and oxygen atoms in total. The number of aryl methyl sites for hydroxylation is 1. The fraction of sp³-hybridized carbons (Fsp3) is 0.312. The van der Waals surface area contributed by atoms with Crippen molar-refractivity contribution in [3.63, 3.8) is 0 Å². The Hall–Kier alpha value is -1.02. The maximum Gasteiger partial charge on any atom is 0.140 e. The van der Waals surface area contributed by atoms with Crippen molar-refractivity contribution in [2.45, 2.75) is 19.1 Å². The van der Waals surface area contributed by atoms with E-state index >= 15 is 0 Å². The predicted octanol–water partition coefficient (Wildman–Crippen LogP) is 5.33. The van der Waals surface area contributed by atoms with Crippen molar-refractivity contribution < 1.29 is 0 Å². The van der Waals surface area contributed by atoms with Gasteiger partial charge in [0.15, 0.2) is 0 Å². The highest BCUT2D eigenvalue weighted by Crippen LogP contribution is 2.53. The Morgan fingerprint density at radius 2 is 2.24 bits per heavy atom. The second-order valence-electron chi connectivity index (χ2n) is 4.98. The lowest BCUT2D eigenvalue weighted by Gasteiger charge is -2.19. The number of nitriles is 1. The van der Waals surface area contributed by atoms with Crippen molar-refractivity contribution in [2.75, 3.05) is 12.8 Å². The molecule has 1 aromatic carbocycles. The molecule has 21 heavy (non-hydrogen) atoms. The summed E-state index contributed by atoms with van der Waals surface area (Å²) in [4.78, 5) is 1.84. The molecular formula is C16H17ClN2S2. The van der Waals surface area contributed by atoms with Crippen LogP contribution in [0.25, 0.3) is 0 Å². The highest BCUT2D eigenvalue weighted by molar-refractivity contribution is 8.25. The van der Waals surface area contributed by atoms with Crippen LogP contribution < -0.4 is 0 Å². The van der Waals surface area contributed by atoms with E-state index in [1.54, 1.807) is 23.5 Å². The summed E-state index contributed by atoms with van der Waals surface area (Å²) in [6.07, 6.45) is 0. The van der Waals surface area contributed by atoms with Crippen molar-refractivity contribution in [1.29, 1.82) is 5.26 Å². The van der Waals surface area contributed by atoms with Crippen LogP contribution in [0.4, 0.5) is 0 Å². The fourth-order valence-electron chi connectivity index (χ4n) is 1.97. The minimum Gasteiger partial charge on any atom is -0.339 e. The normalized spacial score (nSPS) is 20.0. The van der Waals surface area contributed by atoms with Crippen LogP contribution in [0.2, 0.25) is 5.02 Å². The Morgan fingerprint density at radius 1 is 1.52 bits per heavy atom. The van der Waals surface area contributed by atoms with Crippen LogP contribution in [0.5, 0.6) is 0 Å². The van der Waals surface area contributed by atoms with E-state index in [1.807, 2.05) is 31.9 Å². The number of benzene rings is 1. The molecule has 1 saturated heterocycles. The molecule has 0 N–H and O–H groups in total. The van der Waals surface area contributed by atoms with Crippen LogP contribution in [-0.4, -0.2) is 17.7 Å². The third-order valence-electron chi connectivity index (χ3n) is 3.33. The maximum atomic E-state index is 9.41. The van der Waals surface area contributed by atoms with Gasteiger partial charge in [-0.25, -0.2) is 0 Å². The molecule has 1 atom stereocenters.